The molecule has 0 bridgehead atoms. The maximum Gasteiger partial charge on any atom is 0.410 e. The number of amides is 5. The molecule has 4 aliphatic heterocycles. The molecule has 13 nitrogen and oxygen atoms in total. The lowest BCUT2D eigenvalue weighted by atomic mass is 9.83. The molecule has 266 valence electrons. The zero-order chi connectivity index (χ0) is 35.4. The van der Waals surface area contributed by atoms with Crippen LogP contribution in [0.2, 0.25) is 0 Å². The Morgan fingerprint density at radius 3 is 2.40 bits per heavy atom. The first kappa shape index (κ1) is 36.0. The number of carbonyl (C=O) groups is 4. The highest BCUT2D eigenvalue weighted by Crippen LogP contribution is 2.33. The zero-order valence-electron chi connectivity index (χ0n) is 28.1. The van der Waals surface area contributed by atoms with Gasteiger partial charge in [0.15, 0.2) is 6.10 Å². The van der Waals surface area contributed by atoms with Crippen LogP contribution in [0.4, 0.5) is 15.3 Å². The van der Waals surface area contributed by atoms with E-state index in [2.05, 4.69) is 21.2 Å². The average molecular weight is 751 g/mol. The number of nitrogens with zero attached hydrogens (tertiary/aromatic N) is 4. The molecule has 50 heavy (non-hydrogen) atoms. The first-order chi connectivity index (χ1) is 24.1. The maximum atomic E-state index is 14.0. The fourth-order valence-electron chi connectivity index (χ4n) is 7.91. The Labute approximate surface area is 301 Å². The smallest absolute Gasteiger partial charge is 0.410 e. The van der Waals surface area contributed by atoms with Crippen LogP contribution in [0, 0.1) is 11.8 Å². The molecule has 4 aliphatic rings. The van der Waals surface area contributed by atoms with E-state index in [0.717, 1.165) is 50.0 Å². The first-order valence-corrected chi connectivity index (χ1v) is 18.2. The number of aromatic hydroxyl groups is 1. The quantitative estimate of drug-likeness (QED) is 0.183. The summed E-state index contributed by atoms with van der Waals surface area (Å²) in [6.07, 6.45) is 2.92. The van der Waals surface area contributed by atoms with Crippen LogP contribution in [0.3, 0.4) is 0 Å². The number of anilines is 1. The summed E-state index contributed by atoms with van der Waals surface area (Å²) in [6, 6.07) is 10.9. The number of hydroxylamine groups is 1. The van der Waals surface area contributed by atoms with Crippen molar-refractivity contribution >= 4 is 58.9 Å². The van der Waals surface area contributed by atoms with Crippen molar-refractivity contribution in [1.82, 2.24) is 25.1 Å². The van der Waals surface area contributed by atoms with E-state index >= 15 is 0 Å². The zero-order valence-corrected chi connectivity index (χ0v) is 29.6. The van der Waals surface area contributed by atoms with Gasteiger partial charge in [0.1, 0.15) is 13.6 Å². The predicted molar refractivity (Wildman–Crippen MR) is 189 cm³/mol. The molecule has 2 aromatic rings. The van der Waals surface area contributed by atoms with E-state index in [1.54, 1.807) is 27.4 Å². The maximum absolute atomic E-state index is 14.0. The van der Waals surface area contributed by atoms with Gasteiger partial charge in [-0.15, -0.1) is 0 Å². The molecule has 2 atom stereocenters. The number of phenolic OH excluding ortho intramolecular Hbond substituents is 1. The number of para-hydroxylation sites is 1. The van der Waals surface area contributed by atoms with Gasteiger partial charge in [0.2, 0.25) is 0 Å². The summed E-state index contributed by atoms with van der Waals surface area (Å²) in [4.78, 5) is 59.6. The summed E-state index contributed by atoms with van der Waals surface area (Å²) in [6.45, 7) is 4.16. The van der Waals surface area contributed by atoms with Crippen LogP contribution in [-0.2, 0) is 27.2 Å². The van der Waals surface area contributed by atoms with Crippen molar-refractivity contribution in [1.29, 1.82) is 0 Å². The molecule has 2 radical (unpaired) electrons. The lowest BCUT2D eigenvalue weighted by Crippen LogP contribution is -2.51. The molecule has 4 heterocycles. The molecular weight excluding hydrogens is 707 g/mol. The molecule has 2 aromatic carbocycles. The third-order valence-corrected chi connectivity index (χ3v) is 11.3. The number of fused-ring (bicyclic) bond motifs is 1. The molecule has 6 rings (SSSR count). The van der Waals surface area contributed by atoms with Crippen molar-refractivity contribution in [2.24, 2.45) is 11.8 Å². The molecule has 0 saturated carbocycles. The third kappa shape index (κ3) is 8.38. The summed E-state index contributed by atoms with van der Waals surface area (Å²) >= 11 is 3.32. The van der Waals surface area contributed by atoms with Crippen molar-refractivity contribution in [3.8, 4) is 5.75 Å². The van der Waals surface area contributed by atoms with Crippen molar-refractivity contribution in [3.05, 3.63) is 52.0 Å². The number of benzene rings is 2. The van der Waals surface area contributed by atoms with E-state index < -0.39 is 18.1 Å². The Morgan fingerprint density at radius 2 is 1.68 bits per heavy atom. The number of carbonyl (C=O) groups excluding carboxylic acids is 4. The lowest BCUT2D eigenvalue weighted by molar-refractivity contribution is -0.142. The topological polar surface area (TPSA) is 155 Å². The van der Waals surface area contributed by atoms with Crippen LogP contribution < -0.4 is 16.3 Å². The standard InChI is InChI=1S/C35H44BBrN6O7/c36-27-17-22(18-28(37)32(27)45)19-30(33(46)41-12-6-23(7-13-41)25-5-11-40(20-25)21-31(44)39-49)50-35(48)42-14-9-26(10-15-42)43-16-8-24-3-1-2-4-29(24)38-34(43)47/h1-4,17-18,23,25-26,30,45,49H,5-16,19-21H2,(H,38,47)(H,39,44)/t25?,30-/m1/s1. The first-order valence-electron chi connectivity index (χ1n) is 17.4. The number of urea groups is 1. The second-order valence-electron chi connectivity index (χ2n) is 13.8. The van der Waals surface area contributed by atoms with Gasteiger partial charge in [-0.3, -0.25) is 19.7 Å². The summed E-state index contributed by atoms with van der Waals surface area (Å²) in [5, 5.41) is 22.1. The third-order valence-electron chi connectivity index (χ3n) is 10.7. The highest BCUT2D eigenvalue weighted by molar-refractivity contribution is 9.10. The van der Waals surface area contributed by atoms with Gasteiger partial charge < -0.3 is 29.9 Å². The Bertz CT molecular complexity index is 1560. The fourth-order valence-corrected chi connectivity index (χ4v) is 8.43. The summed E-state index contributed by atoms with van der Waals surface area (Å²) in [5.41, 5.74) is 4.41. The van der Waals surface area contributed by atoms with Gasteiger partial charge in [0.25, 0.3) is 11.8 Å². The van der Waals surface area contributed by atoms with E-state index in [4.69, 9.17) is 17.8 Å². The number of phenols is 1. The highest BCUT2D eigenvalue weighted by atomic mass is 79.9. The SMILES string of the molecule is [B]c1cc(C[C@@H](OC(=O)N2CCC(N3CCc4ccccc4NC3=O)CC2)C(=O)N2CCC(C3CCN(CC(=O)NO)C3)CC2)cc(Br)c1O. The van der Waals surface area contributed by atoms with Crippen LogP contribution in [0.15, 0.2) is 40.9 Å². The van der Waals surface area contributed by atoms with Crippen LogP contribution in [0.5, 0.6) is 5.75 Å². The minimum absolute atomic E-state index is 0.0248. The van der Waals surface area contributed by atoms with Gasteiger partial charge in [-0.25, -0.2) is 15.1 Å². The summed E-state index contributed by atoms with van der Waals surface area (Å²) < 4.78 is 6.38. The van der Waals surface area contributed by atoms with E-state index in [0.29, 0.717) is 67.4 Å². The molecular formula is C35H44BBrN6O7. The molecule has 4 N–H and O–H groups in total. The van der Waals surface area contributed by atoms with Crippen molar-refractivity contribution in [2.45, 2.75) is 57.1 Å². The summed E-state index contributed by atoms with van der Waals surface area (Å²) in [5.74, 6) is 0.0145. The van der Waals surface area contributed by atoms with Crippen molar-refractivity contribution in [3.63, 3.8) is 0 Å². The molecule has 0 aromatic heterocycles. The Balaban J connectivity index is 1.07. The van der Waals surface area contributed by atoms with E-state index in [1.807, 2.05) is 34.1 Å². The number of halogens is 1. The fraction of sp³-hybridized carbons (Fsp3) is 0.543. The second kappa shape index (κ2) is 16.0. The molecule has 0 aliphatic carbocycles. The number of piperidine rings is 2. The number of rotatable bonds is 8. The number of ether oxygens (including phenoxy) is 1. The Hall–Kier alpha value is -3.82. The molecule has 0 spiro atoms. The molecule has 5 amide bonds. The van der Waals surface area contributed by atoms with Crippen LogP contribution >= 0.6 is 15.9 Å². The highest BCUT2D eigenvalue weighted by Gasteiger charge is 2.38. The predicted octanol–water partition coefficient (Wildman–Crippen LogP) is 2.62. The monoisotopic (exact) mass is 750 g/mol. The summed E-state index contributed by atoms with van der Waals surface area (Å²) in [7, 11) is 6.01. The van der Waals surface area contributed by atoms with Gasteiger partial charge >= 0.3 is 12.1 Å². The minimum atomic E-state index is -1.10. The van der Waals surface area contributed by atoms with Crippen LogP contribution in [0.1, 0.15) is 43.2 Å². The molecule has 15 heteroatoms. The van der Waals surface area contributed by atoms with Gasteiger partial charge in [-0.05, 0) is 96.1 Å². The number of nitrogens with one attached hydrogen (secondary N) is 2. The van der Waals surface area contributed by atoms with Crippen LogP contribution in [0.25, 0.3) is 0 Å². The Kier molecular flexibility index (Phi) is 11.5. The van der Waals surface area contributed by atoms with Gasteiger partial charge in [0.05, 0.1) is 11.0 Å². The van der Waals surface area contributed by atoms with Gasteiger partial charge in [-0.2, -0.15) is 0 Å². The lowest BCUT2D eigenvalue weighted by Gasteiger charge is -2.38. The molecule has 3 fully saturated rings. The van der Waals surface area contributed by atoms with Crippen LogP contribution in [-0.4, -0.2) is 126 Å². The number of hydrogen-bond acceptors (Lipinski definition) is 8. The second-order valence-corrected chi connectivity index (χ2v) is 14.7. The van der Waals surface area contributed by atoms with E-state index in [-0.39, 0.29) is 42.2 Å². The van der Waals surface area contributed by atoms with E-state index in [1.165, 1.54) is 0 Å². The minimum Gasteiger partial charge on any atom is -0.507 e. The van der Waals surface area contributed by atoms with Gasteiger partial charge in [0, 0.05) is 57.4 Å². The largest absolute Gasteiger partial charge is 0.507 e. The number of likely N-dealkylation sites (tertiary alicyclic amines) is 3. The average Bonchev–Trinajstić information content (AvgIpc) is 3.51. The van der Waals surface area contributed by atoms with Gasteiger partial charge in [-0.1, -0.05) is 29.7 Å². The van der Waals surface area contributed by atoms with Crippen molar-refractivity contribution in [2.75, 3.05) is 57.7 Å². The van der Waals surface area contributed by atoms with Crippen molar-refractivity contribution < 1.29 is 34.2 Å². The van der Waals surface area contributed by atoms with E-state index in [9.17, 15) is 24.3 Å². The molecule has 1 unspecified atom stereocenters. The normalized spacial score (nSPS) is 21.3. The number of hydrogen-bond donors (Lipinski definition) is 4. The molecule has 3 saturated heterocycles. The Morgan fingerprint density at radius 1 is 0.980 bits per heavy atom.